The summed E-state index contributed by atoms with van der Waals surface area (Å²) < 4.78 is 26.4. The minimum Gasteiger partial charge on any atom is -0.395 e. The van der Waals surface area contributed by atoms with Gasteiger partial charge in [0, 0.05) is 44.7 Å². The second-order valence-electron chi connectivity index (χ2n) is 21.1. The molecule has 0 aromatic heterocycles. The van der Waals surface area contributed by atoms with Gasteiger partial charge in [0.05, 0.1) is 55.9 Å². The zero-order valence-corrected chi connectivity index (χ0v) is 34.3. The van der Waals surface area contributed by atoms with Crippen LogP contribution in [0.1, 0.15) is 107 Å². The first kappa shape index (κ1) is 39.4. The molecule has 10 nitrogen and oxygen atoms in total. The van der Waals surface area contributed by atoms with Gasteiger partial charge in [-0.3, -0.25) is 9.80 Å². The average Bonchev–Trinajstić information content (AvgIpc) is 3.72. The molecule has 0 radical (unpaired) electrons. The Morgan fingerprint density at radius 3 is 2.32 bits per heavy atom. The molecule has 0 bridgehead atoms. The van der Waals surface area contributed by atoms with Gasteiger partial charge >= 0.3 is 0 Å². The number of hydrogen-bond acceptors (Lipinski definition) is 10. The van der Waals surface area contributed by atoms with Gasteiger partial charge in [0.2, 0.25) is 0 Å². The second kappa shape index (κ2) is 13.6. The van der Waals surface area contributed by atoms with Crippen molar-refractivity contribution in [1.29, 1.82) is 0 Å². The van der Waals surface area contributed by atoms with Crippen LogP contribution in [0.5, 0.6) is 0 Å². The minimum atomic E-state index is -1.02. The molecule has 2 spiro atoms. The quantitative estimate of drug-likeness (QED) is 0.244. The lowest BCUT2D eigenvalue weighted by Crippen LogP contribution is -2.60. The van der Waals surface area contributed by atoms with Crippen molar-refractivity contribution in [3.05, 3.63) is 0 Å². The number of likely N-dealkylation sites (tertiary alicyclic amines) is 1. The van der Waals surface area contributed by atoms with Gasteiger partial charge in [-0.2, -0.15) is 0 Å². The van der Waals surface area contributed by atoms with Crippen LogP contribution in [0.2, 0.25) is 0 Å². The Bertz CT molecular complexity index is 1330. The topological polar surface area (TPSA) is 124 Å². The molecule has 10 heteroatoms. The minimum absolute atomic E-state index is 0.00100. The molecular weight excluding hydrogens is 672 g/mol. The zero-order valence-electron chi connectivity index (χ0n) is 34.3. The Morgan fingerprint density at radius 2 is 1.64 bits per heavy atom. The van der Waals surface area contributed by atoms with Crippen molar-refractivity contribution in [2.75, 3.05) is 59.2 Å². The van der Waals surface area contributed by atoms with Crippen LogP contribution in [-0.2, 0) is 18.9 Å². The van der Waals surface area contributed by atoms with E-state index in [1.54, 1.807) is 0 Å². The van der Waals surface area contributed by atoms with E-state index in [2.05, 4.69) is 44.4 Å². The Kier molecular flexibility index (Phi) is 10.1. The van der Waals surface area contributed by atoms with Crippen LogP contribution in [-0.4, -0.2) is 138 Å². The van der Waals surface area contributed by atoms with Gasteiger partial charge in [0.1, 0.15) is 6.10 Å². The highest BCUT2D eigenvalue weighted by Gasteiger charge is 2.84. The van der Waals surface area contributed by atoms with Crippen molar-refractivity contribution in [3.63, 3.8) is 0 Å². The van der Waals surface area contributed by atoms with E-state index in [4.69, 9.17) is 18.9 Å². The zero-order chi connectivity index (χ0) is 37.9. The maximum Gasteiger partial charge on any atom is 0.170 e. The first-order valence-electron chi connectivity index (χ1n) is 21.6. The van der Waals surface area contributed by atoms with Gasteiger partial charge in [-0.1, -0.05) is 34.6 Å². The summed E-state index contributed by atoms with van der Waals surface area (Å²) in [4.78, 5) is 4.69. The van der Waals surface area contributed by atoms with E-state index in [1.165, 1.54) is 25.7 Å². The monoisotopic (exact) mass is 747 g/mol. The molecular formula is C43H74N2O8. The molecule has 4 N–H and O–H groups in total. The molecule has 5 saturated carbocycles. The molecule has 8 rings (SSSR count). The van der Waals surface area contributed by atoms with E-state index in [9.17, 15) is 20.4 Å². The van der Waals surface area contributed by atoms with E-state index in [0.717, 1.165) is 58.4 Å². The summed E-state index contributed by atoms with van der Waals surface area (Å²) in [6.45, 7) is 23.8. The summed E-state index contributed by atoms with van der Waals surface area (Å²) in [6.07, 6.45) is 7.71. The fourth-order valence-electron chi connectivity index (χ4n) is 15.5. The number of aliphatic hydroxyl groups is 4. The number of rotatable bonds is 11. The highest BCUT2D eigenvalue weighted by molar-refractivity contribution is 5.33. The maximum absolute atomic E-state index is 12.7. The Balaban J connectivity index is 0.950. The Hall–Kier alpha value is -0.400. The van der Waals surface area contributed by atoms with E-state index in [1.807, 2.05) is 20.8 Å². The van der Waals surface area contributed by atoms with Crippen molar-refractivity contribution in [2.45, 2.75) is 155 Å². The Morgan fingerprint density at radius 1 is 0.943 bits per heavy atom. The van der Waals surface area contributed by atoms with E-state index < -0.39 is 17.8 Å². The number of nitrogens with zero attached hydrogens (tertiary/aromatic N) is 2. The molecule has 5 aliphatic carbocycles. The number of fused-ring (bicyclic) bond motifs is 4. The molecule has 8 fully saturated rings. The lowest BCUT2D eigenvalue weighted by Gasteiger charge is -2.64. The summed E-state index contributed by atoms with van der Waals surface area (Å²) in [6, 6.07) is -0.136. The Labute approximate surface area is 319 Å². The molecule has 3 saturated heterocycles. The summed E-state index contributed by atoms with van der Waals surface area (Å²) >= 11 is 0. The van der Waals surface area contributed by atoms with Gasteiger partial charge in [0.25, 0.3) is 0 Å². The van der Waals surface area contributed by atoms with Gasteiger partial charge in [0.15, 0.2) is 6.29 Å². The summed E-state index contributed by atoms with van der Waals surface area (Å²) in [5.41, 5.74) is -0.603. The maximum atomic E-state index is 12.7. The van der Waals surface area contributed by atoms with Crippen LogP contribution in [0.25, 0.3) is 0 Å². The standard InChI is InChI=1S/C43H74N2O8/c1-9-50-37(39(5,6)49)29-18-26(2)34-35(52-29)36(48)41(8)31-11-10-30-38(3,4)32(12-13-42(30)25-43(31,42)15-14-40(34,41)7)53-33-22-44(16-17-51-33)19-27-20-45(21-27)28(23-46)24-47/h26-37,46-49H,9-25H2,1-8H3/t26-,29?,30+,31?,32+,33+,34+,35?,36+,37+,40-,41-,42-,43+/m1/s1. The number of hydrogen-bond donors (Lipinski definition) is 4. The second-order valence-corrected chi connectivity index (χ2v) is 21.1. The van der Waals surface area contributed by atoms with Gasteiger partial charge in [-0.05, 0) is 123 Å². The third kappa shape index (κ3) is 5.75. The van der Waals surface area contributed by atoms with Crippen molar-refractivity contribution < 1.29 is 39.4 Å². The van der Waals surface area contributed by atoms with E-state index in [0.29, 0.717) is 48.2 Å². The van der Waals surface area contributed by atoms with Crippen LogP contribution in [0, 0.1) is 56.7 Å². The lowest BCUT2D eigenvalue weighted by molar-refractivity contribution is -0.250. The van der Waals surface area contributed by atoms with Gasteiger partial charge < -0.3 is 39.4 Å². The first-order valence-corrected chi connectivity index (χ1v) is 21.6. The number of aliphatic hydroxyl groups excluding tert-OH is 3. The lowest BCUT2D eigenvalue weighted by atomic mass is 9.41. The third-order valence-corrected chi connectivity index (χ3v) is 18.0. The SMILES string of the molecule is CCO[C@@H](C1C[C@@H](C)[C@H]2C(O1)[C@H](O)[C@@]1(C)C3CC[C@H]4C(C)(C)[C@@H](O[C@H]5CN(CC6CN(C(CO)CO)C6)CCO5)CC[C@@]45C[C@@]35CC[C@]21C)C(C)(C)O. The predicted octanol–water partition coefficient (Wildman–Crippen LogP) is 4.30. The van der Waals surface area contributed by atoms with Crippen LogP contribution < -0.4 is 0 Å². The molecule has 3 heterocycles. The number of ether oxygens (including phenoxy) is 4. The van der Waals surface area contributed by atoms with Crippen molar-refractivity contribution in [3.8, 4) is 0 Å². The van der Waals surface area contributed by atoms with Crippen LogP contribution in [0.15, 0.2) is 0 Å². The molecule has 3 unspecified atom stereocenters. The number of morpholine rings is 1. The highest BCUT2D eigenvalue weighted by Crippen LogP contribution is 2.89. The summed E-state index contributed by atoms with van der Waals surface area (Å²) in [5, 5.41) is 42.9. The van der Waals surface area contributed by atoms with Crippen LogP contribution >= 0.6 is 0 Å². The normalized spacial score (nSPS) is 49.0. The first-order chi connectivity index (χ1) is 25.0. The van der Waals surface area contributed by atoms with Crippen LogP contribution in [0.3, 0.4) is 0 Å². The van der Waals surface area contributed by atoms with Crippen molar-refractivity contribution in [2.24, 2.45) is 56.7 Å². The van der Waals surface area contributed by atoms with E-state index in [-0.39, 0.29) is 65.5 Å². The smallest absolute Gasteiger partial charge is 0.170 e. The van der Waals surface area contributed by atoms with Gasteiger partial charge in [-0.25, -0.2) is 0 Å². The molecule has 53 heavy (non-hydrogen) atoms. The summed E-state index contributed by atoms with van der Waals surface area (Å²) in [7, 11) is 0. The third-order valence-electron chi connectivity index (χ3n) is 18.0. The van der Waals surface area contributed by atoms with Gasteiger partial charge in [-0.15, -0.1) is 0 Å². The molecule has 3 aliphatic heterocycles. The largest absolute Gasteiger partial charge is 0.395 e. The molecule has 0 aromatic rings. The fourth-order valence-corrected chi connectivity index (χ4v) is 15.5. The molecule has 0 amide bonds. The highest BCUT2D eigenvalue weighted by atomic mass is 16.7. The molecule has 304 valence electrons. The average molecular weight is 747 g/mol. The van der Waals surface area contributed by atoms with Crippen molar-refractivity contribution >= 4 is 0 Å². The van der Waals surface area contributed by atoms with Crippen LogP contribution in [0.4, 0.5) is 0 Å². The fraction of sp³-hybridized carbons (Fsp3) is 1.00. The van der Waals surface area contributed by atoms with E-state index >= 15 is 0 Å². The predicted molar refractivity (Wildman–Crippen MR) is 202 cm³/mol. The molecule has 0 aromatic carbocycles. The molecule has 14 atom stereocenters. The van der Waals surface area contributed by atoms with Crippen molar-refractivity contribution in [1.82, 2.24) is 9.80 Å². The summed E-state index contributed by atoms with van der Waals surface area (Å²) in [5.74, 6) is 2.31. The molecule has 8 aliphatic rings.